The second-order valence-corrected chi connectivity index (χ2v) is 5.75. The largest absolute Gasteiger partial charge is 0.478 e. The maximum absolute atomic E-state index is 11.1. The summed E-state index contributed by atoms with van der Waals surface area (Å²) in [4.78, 5) is 15.7. The summed E-state index contributed by atoms with van der Waals surface area (Å²) in [6.45, 7) is 8.40. The zero-order valence-electron chi connectivity index (χ0n) is 13.1. The van der Waals surface area contributed by atoms with E-state index in [4.69, 9.17) is 5.11 Å². The minimum Gasteiger partial charge on any atom is -0.478 e. The summed E-state index contributed by atoms with van der Waals surface area (Å²) in [6, 6.07) is 5.37. The molecular weight excluding hydrogens is 276 g/mol. The first-order valence-electron chi connectivity index (χ1n) is 7.18. The smallest absolute Gasteiger partial charge is 0.335 e. The van der Waals surface area contributed by atoms with Crippen LogP contribution in [0.15, 0.2) is 30.6 Å². The number of aromatic carboxylic acids is 1. The van der Waals surface area contributed by atoms with Gasteiger partial charge in [0.05, 0.1) is 11.3 Å². The van der Waals surface area contributed by atoms with Crippen molar-refractivity contribution >= 4 is 11.6 Å². The van der Waals surface area contributed by atoms with E-state index in [1.807, 2.05) is 10.6 Å². The highest BCUT2D eigenvalue weighted by molar-refractivity contribution is 5.88. The van der Waals surface area contributed by atoms with Gasteiger partial charge in [0.1, 0.15) is 5.65 Å². The summed E-state index contributed by atoms with van der Waals surface area (Å²) >= 11 is 0. The van der Waals surface area contributed by atoms with Crippen LogP contribution in [0.1, 0.15) is 32.6 Å². The molecule has 4 heteroatoms. The molecule has 0 aliphatic heterocycles. The van der Waals surface area contributed by atoms with Crippen molar-refractivity contribution in [1.82, 2.24) is 9.38 Å². The number of nitrogens with zero attached hydrogens (tertiary/aromatic N) is 2. The zero-order valence-corrected chi connectivity index (χ0v) is 13.1. The van der Waals surface area contributed by atoms with E-state index in [2.05, 4.69) is 38.7 Å². The van der Waals surface area contributed by atoms with Crippen LogP contribution in [0.2, 0.25) is 0 Å². The molecule has 2 aromatic heterocycles. The van der Waals surface area contributed by atoms with E-state index >= 15 is 0 Å². The van der Waals surface area contributed by atoms with Crippen LogP contribution in [0.25, 0.3) is 16.9 Å². The van der Waals surface area contributed by atoms with Gasteiger partial charge in [-0.1, -0.05) is 6.07 Å². The lowest BCUT2D eigenvalue weighted by Crippen LogP contribution is -1.97. The van der Waals surface area contributed by atoms with Gasteiger partial charge in [-0.3, -0.25) is 0 Å². The predicted octanol–water partition coefficient (Wildman–Crippen LogP) is 3.93. The number of hydrogen-bond donors (Lipinski definition) is 1. The van der Waals surface area contributed by atoms with E-state index in [1.165, 1.54) is 22.3 Å². The fourth-order valence-electron chi connectivity index (χ4n) is 2.84. The average molecular weight is 294 g/mol. The van der Waals surface area contributed by atoms with Crippen molar-refractivity contribution in [1.29, 1.82) is 0 Å². The van der Waals surface area contributed by atoms with Crippen molar-refractivity contribution in [2.45, 2.75) is 27.7 Å². The van der Waals surface area contributed by atoms with Gasteiger partial charge in [-0.15, -0.1) is 0 Å². The number of pyridine rings is 1. The van der Waals surface area contributed by atoms with Crippen LogP contribution in [0, 0.1) is 27.7 Å². The van der Waals surface area contributed by atoms with Gasteiger partial charge in [-0.05, 0) is 62.1 Å². The number of hydrogen-bond acceptors (Lipinski definition) is 2. The minimum atomic E-state index is -0.939. The van der Waals surface area contributed by atoms with Gasteiger partial charge in [0, 0.05) is 18.0 Å². The van der Waals surface area contributed by atoms with Gasteiger partial charge in [0.15, 0.2) is 0 Å². The monoisotopic (exact) mass is 294 g/mol. The van der Waals surface area contributed by atoms with Crippen LogP contribution in [0.4, 0.5) is 0 Å². The Morgan fingerprint density at radius 3 is 2.32 bits per heavy atom. The number of benzene rings is 1. The van der Waals surface area contributed by atoms with Gasteiger partial charge in [0.25, 0.3) is 0 Å². The van der Waals surface area contributed by atoms with E-state index in [1.54, 1.807) is 18.3 Å². The maximum atomic E-state index is 11.1. The molecule has 0 fully saturated rings. The van der Waals surface area contributed by atoms with Gasteiger partial charge in [0.2, 0.25) is 0 Å². The van der Waals surface area contributed by atoms with Crippen molar-refractivity contribution in [2.75, 3.05) is 0 Å². The maximum Gasteiger partial charge on any atom is 0.335 e. The number of aromatic nitrogens is 2. The van der Waals surface area contributed by atoms with Gasteiger partial charge >= 0.3 is 5.97 Å². The first-order valence-corrected chi connectivity index (χ1v) is 7.18. The molecule has 0 radical (unpaired) electrons. The molecular formula is C18H18N2O2. The van der Waals surface area contributed by atoms with Crippen LogP contribution >= 0.6 is 0 Å². The average Bonchev–Trinajstić information content (AvgIpc) is 2.87. The number of rotatable bonds is 2. The Balaban J connectivity index is 2.25. The lowest BCUT2D eigenvalue weighted by molar-refractivity contribution is 0.0697. The van der Waals surface area contributed by atoms with Crippen molar-refractivity contribution in [2.24, 2.45) is 0 Å². The van der Waals surface area contributed by atoms with E-state index in [0.29, 0.717) is 5.65 Å². The van der Waals surface area contributed by atoms with Gasteiger partial charge in [-0.25, -0.2) is 9.78 Å². The van der Waals surface area contributed by atoms with Crippen LogP contribution < -0.4 is 0 Å². The molecule has 0 unspecified atom stereocenters. The number of aryl methyl sites for hydroxylation is 2. The van der Waals surface area contributed by atoms with Crippen LogP contribution in [0.5, 0.6) is 0 Å². The summed E-state index contributed by atoms with van der Waals surface area (Å²) in [5, 5.41) is 9.09. The van der Waals surface area contributed by atoms with E-state index in [-0.39, 0.29) is 5.56 Å². The molecule has 0 bridgehead atoms. The van der Waals surface area contributed by atoms with Crippen molar-refractivity contribution < 1.29 is 9.90 Å². The van der Waals surface area contributed by atoms with E-state index in [9.17, 15) is 4.79 Å². The third kappa shape index (κ3) is 2.17. The third-order valence-corrected chi connectivity index (χ3v) is 4.33. The SMILES string of the molecule is Cc1cc(C)c(C)c(-c2cn3ccc(C(=O)O)cc3n2)c1C. The van der Waals surface area contributed by atoms with Crippen LogP contribution in [-0.2, 0) is 0 Å². The fraction of sp³-hybridized carbons (Fsp3) is 0.222. The van der Waals surface area contributed by atoms with Crippen LogP contribution in [0.3, 0.4) is 0 Å². The molecule has 4 nitrogen and oxygen atoms in total. The minimum absolute atomic E-state index is 0.249. The first-order chi connectivity index (χ1) is 10.4. The second-order valence-electron chi connectivity index (χ2n) is 5.75. The Morgan fingerprint density at radius 2 is 1.73 bits per heavy atom. The Bertz CT molecular complexity index is 881. The summed E-state index contributed by atoms with van der Waals surface area (Å²) in [7, 11) is 0. The Kier molecular flexibility index (Phi) is 3.24. The number of imidazole rings is 1. The quantitative estimate of drug-likeness (QED) is 0.779. The number of carboxylic acids is 1. The van der Waals surface area contributed by atoms with Crippen molar-refractivity contribution in [3.8, 4) is 11.3 Å². The van der Waals surface area contributed by atoms with Gasteiger partial charge < -0.3 is 9.51 Å². The highest BCUT2D eigenvalue weighted by Gasteiger charge is 2.14. The molecule has 112 valence electrons. The fourth-order valence-corrected chi connectivity index (χ4v) is 2.84. The Labute approximate surface area is 129 Å². The number of fused-ring (bicyclic) bond motifs is 1. The van der Waals surface area contributed by atoms with E-state index < -0.39 is 5.97 Å². The predicted molar refractivity (Wildman–Crippen MR) is 86.5 cm³/mol. The summed E-state index contributed by atoms with van der Waals surface area (Å²) in [6.07, 6.45) is 3.69. The normalized spacial score (nSPS) is 11.1. The molecule has 0 atom stereocenters. The Morgan fingerprint density at radius 1 is 1.09 bits per heavy atom. The molecule has 2 heterocycles. The molecule has 0 aliphatic carbocycles. The van der Waals surface area contributed by atoms with Crippen molar-refractivity contribution in [3.63, 3.8) is 0 Å². The molecule has 1 N–H and O–H groups in total. The summed E-state index contributed by atoms with van der Waals surface area (Å²) in [5.74, 6) is -0.939. The number of carbonyl (C=O) groups is 1. The molecule has 0 saturated heterocycles. The molecule has 0 amide bonds. The zero-order chi connectivity index (χ0) is 16.0. The Hall–Kier alpha value is -2.62. The third-order valence-electron chi connectivity index (χ3n) is 4.33. The van der Waals surface area contributed by atoms with Gasteiger partial charge in [-0.2, -0.15) is 0 Å². The highest BCUT2D eigenvalue weighted by Crippen LogP contribution is 2.31. The summed E-state index contributed by atoms with van der Waals surface area (Å²) in [5.41, 5.74) is 7.81. The van der Waals surface area contributed by atoms with Crippen molar-refractivity contribution in [3.05, 3.63) is 58.4 Å². The molecule has 0 saturated carbocycles. The molecule has 1 aromatic carbocycles. The highest BCUT2D eigenvalue weighted by atomic mass is 16.4. The lowest BCUT2D eigenvalue weighted by Gasteiger charge is -2.13. The molecule has 0 aliphatic rings. The first kappa shape index (κ1) is 14.3. The van der Waals surface area contributed by atoms with E-state index in [0.717, 1.165) is 11.3 Å². The second kappa shape index (κ2) is 4.98. The lowest BCUT2D eigenvalue weighted by atomic mass is 9.93. The molecule has 0 spiro atoms. The standard InChI is InChI=1S/C18H18N2O2/c1-10-7-11(2)13(4)17(12(10)3)15-9-20-6-5-14(18(21)22)8-16(20)19-15/h5-9H,1-4H3,(H,21,22). The molecule has 22 heavy (non-hydrogen) atoms. The topological polar surface area (TPSA) is 54.6 Å². The summed E-state index contributed by atoms with van der Waals surface area (Å²) < 4.78 is 1.86. The molecule has 3 rings (SSSR count). The van der Waals surface area contributed by atoms with Crippen LogP contribution in [-0.4, -0.2) is 20.5 Å². The number of carboxylic acid groups (broad SMARTS) is 1. The molecule has 3 aromatic rings.